The fraction of sp³-hybridized carbons (Fsp3) is 0.333. The highest BCUT2D eigenvalue weighted by Crippen LogP contribution is 2.20. The summed E-state index contributed by atoms with van der Waals surface area (Å²) in [7, 11) is 0. The SMILES string of the molecule is [c]1ccc2c(c1)OCCOC2. The highest BCUT2D eigenvalue weighted by molar-refractivity contribution is 5.32. The van der Waals surface area contributed by atoms with Crippen molar-refractivity contribution in [3.8, 4) is 5.75 Å². The molecule has 2 heteroatoms. The lowest BCUT2D eigenvalue weighted by molar-refractivity contribution is 0.107. The van der Waals surface area contributed by atoms with Gasteiger partial charge >= 0.3 is 0 Å². The maximum absolute atomic E-state index is 5.39. The predicted octanol–water partition coefficient (Wildman–Crippen LogP) is 1.40. The van der Waals surface area contributed by atoms with Crippen molar-refractivity contribution >= 4 is 0 Å². The quantitative estimate of drug-likeness (QED) is 0.555. The van der Waals surface area contributed by atoms with E-state index in [9.17, 15) is 0 Å². The Bertz CT molecular complexity index is 220. The van der Waals surface area contributed by atoms with E-state index in [0.29, 0.717) is 19.8 Å². The van der Waals surface area contributed by atoms with Crippen molar-refractivity contribution in [1.29, 1.82) is 0 Å². The Balaban J connectivity index is 2.33. The van der Waals surface area contributed by atoms with Gasteiger partial charge in [-0.15, -0.1) is 0 Å². The van der Waals surface area contributed by atoms with Gasteiger partial charge in [0.25, 0.3) is 0 Å². The minimum absolute atomic E-state index is 0.644. The van der Waals surface area contributed by atoms with Crippen LogP contribution in [0.2, 0.25) is 0 Å². The second kappa shape index (κ2) is 2.93. The zero-order chi connectivity index (χ0) is 7.52. The molecule has 0 atom stereocenters. The van der Waals surface area contributed by atoms with E-state index in [-0.39, 0.29) is 0 Å². The van der Waals surface area contributed by atoms with E-state index in [0.717, 1.165) is 11.3 Å². The van der Waals surface area contributed by atoms with Crippen molar-refractivity contribution in [2.45, 2.75) is 6.61 Å². The Morgan fingerprint density at radius 2 is 2.36 bits per heavy atom. The molecule has 0 aliphatic carbocycles. The van der Waals surface area contributed by atoms with Crippen molar-refractivity contribution in [1.82, 2.24) is 0 Å². The van der Waals surface area contributed by atoms with Crippen LogP contribution >= 0.6 is 0 Å². The number of fused-ring (bicyclic) bond motifs is 1. The fourth-order valence-electron chi connectivity index (χ4n) is 1.09. The average molecular weight is 149 g/mol. The summed E-state index contributed by atoms with van der Waals surface area (Å²) in [6, 6.07) is 8.66. The van der Waals surface area contributed by atoms with Crippen LogP contribution in [0.5, 0.6) is 5.75 Å². The van der Waals surface area contributed by atoms with Gasteiger partial charge in [0, 0.05) is 5.56 Å². The van der Waals surface area contributed by atoms with Crippen LogP contribution in [0.25, 0.3) is 0 Å². The number of hydrogen-bond acceptors (Lipinski definition) is 2. The topological polar surface area (TPSA) is 18.5 Å². The molecule has 0 unspecified atom stereocenters. The van der Waals surface area contributed by atoms with Gasteiger partial charge in [0.05, 0.1) is 13.2 Å². The third-order valence-electron chi connectivity index (χ3n) is 1.65. The molecule has 11 heavy (non-hydrogen) atoms. The highest BCUT2D eigenvalue weighted by Gasteiger charge is 2.06. The molecule has 0 saturated carbocycles. The molecule has 1 heterocycles. The Morgan fingerprint density at radius 1 is 1.36 bits per heavy atom. The third kappa shape index (κ3) is 1.35. The van der Waals surface area contributed by atoms with E-state index in [2.05, 4.69) is 6.07 Å². The van der Waals surface area contributed by atoms with E-state index < -0.39 is 0 Å². The van der Waals surface area contributed by atoms with E-state index in [1.54, 1.807) is 0 Å². The Hall–Kier alpha value is -1.02. The monoisotopic (exact) mass is 149 g/mol. The van der Waals surface area contributed by atoms with Crippen LogP contribution in [-0.2, 0) is 11.3 Å². The number of benzene rings is 1. The minimum Gasteiger partial charge on any atom is -0.491 e. The zero-order valence-electron chi connectivity index (χ0n) is 6.17. The summed E-state index contributed by atoms with van der Waals surface area (Å²) in [4.78, 5) is 0. The van der Waals surface area contributed by atoms with Gasteiger partial charge in [0.15, 0.2) is 0 Å². The lowest BCUT2D eigenvalue weighted by Gasteiger charge is -2.02. The van der Waals surface area contributed by atoms with Crippen molar-refractivity contribution < 1.29 is 9.47 Å². The number of hydrogen-bond donors (Lipinski definition) is 0. The Kier molecular flexibility index (Phi) is 1.78. The molecule has 57 valence electrons. The fourth-order valence-corrected chi connectivity index (χ4v) is 1.09. The van der Waals surface area contributed by atoms with Crippen molar-refractivity contribution in [3.05, 3.63) is 29.8 Å². The van der Waals surface area contributed by atoms with Crippen LogP contribution in [0.4, 0.5) is 0 Å². The van der Waals surface area contributed by atoms with Gasteiger partial charge in [-0.2, -0.15) is 0 Å². The molecular formula is C9H9O2. The van der Waals surface area contributed by atoms with Crippen molar-refractivity contribution in [2.24, 2.45) is 0 Å². The van der Waals surface area contributed by atoms with Gasteiger partial charge in [-0.1, -0.05) is 12.1 Å². The summed E-state index contributed by atoms with van der Waals surface area (Å²) in [6.45, 7) is 1.98. The van der Waals surface area contributed by atoms with Gasteiger partial charge in [0.1, 0.15) is 12.4 Å². The number of rotatable bonds is 0. The maximum atomic E-state index is 5.39. The van der Waals surface area contributed by atoms with Crippen molar-refractivity contribution in [2.75, 3.05) is 13.2 Å². The second-order valence-electron chi connectivity index (χ2n) is 2.43. The first-order chi connectivity index (χ1) is 5.47. The highest BCUT2D eigenvalue weighted by atomic mass is 16.5. The van der Waals surface area contributed by atoms with Crippen LogP contribution < -0.4 is 4.74 Å². The normalized spacial score (nSPS) is 16.4. The molecule has 0 saturated heterocycles. The van der Waals surface area contributed by atoms with Gasteiger partial charge in [0.2, 0.25) is 0 Å². The Labute approximate surface area is 65.7 Å². The summed E-state index contributed by atoms with van der Waals surface area (Å²) >= 11 is 0. The van der Waals surface area contributed by atoms with Crippen LogP contribution in [0.1, 0.15) is 5.56 Å². The molecular weight excluding hydrogens is 140 g/mol. The lowest BCUT2D eigenvalue weighted by Crippen LogP contribution is -2.00. The molecule has 0 fully saturated rings. The van der Waals surface area contributed by atoms with Crippen molar-refractivity contribution in [3.63, 3.8) is 0 Å². The molecule has 1 aliphatic heterocycles. The van der Waals surface area contributed by atoms with Gasteiger partial charge < -0.3 is 9.47 Å². The second-order valence-corrected chi connectivity index (χ2v) is 2.43. The summed E-state index contributed by atoms with van der Waals surface area (Å²) in [5, 5.41) is 0. The average Bonchev–Trinajstić information content (AvgIpc) is 2.28. The maximum Gasteiger partial charge on any atom is 0.125 e. The molecule has 0 bridgehead atoms. The third-order valence-corrected chi connectivity index (χ3v) is 1.65. The molecule has 2 rings (SSSR count). The first-order valence-corrected chi connectivity index (χ1v) is 3.66. The Morgan fingerprint density at radius 3 is 3.36 bits per heavy atom. The molecule has 1 aromatic carbocycles. The van der Waals surface area contributed by atoms with Gasteiger partial charge in [-0.05, 0) is 12.1 Å². The molecule has 1 radical (unpaired) electrons. The summed E-state index contributed by atoms with van der Waals surface area (Å²) in [5.74, 6) is 0.907. The molecule has 2 nitrogen and oxygen atoms in total. The lowest BCUT2D eigenvalue weighted by atomic mass is 10.2. The largest absolute Gasteiger partial charge is 0.491 e. The molecule has 1 aromatic rings. The van der Waals surface area contributed by atoms with Crippen LogP contribution in [0, 0.1) is 6.07 Å². The predicted molar refractivity (Wildman–Crippen MR) is 40.4 cm³/mol. The van der Waals surface area contributed by atoms with E-state index in [1.165, 1.54) is 0 Å². The first kappa shape index (κ1) is 6.68. The van der Waals surface area contributed by atoms with E-state index >= 15 is 0 Å². The molecule has 0 N–H and O–H groups in total. The smallest absolute Gasteiger partial charge is 0.125 e. The van der Waals surface area contributed by atoms with Gasteiger partial charge in [-0.25, -0.2) is 0 Å². The van der Waals surface area contributed by atoms with Gasteiger partial charge in [-0.3, -0.25) is 0 Å². The van der Waals surface area contributed by atoms with Crippen LogP contribution in [0.15, 0.2) is 18.2 Å². The number of ether oxygens (including phenoxy) is 2. The van der Waals surface area contributed by atoms with Crippen LogP contribution in [-0.4, -0.2) is 13.2 Å². The molecule has 1 aliphatic rings. The zero-order valence-corrected chi connectivity index (χ0v) is 6.17. The van der Waals surface area contributed by atoms with E-state index in [1.807, 2.05) is 18.2 Å². The first-order valence-electron chi connectivity index (χ1n) is 3.66. The summed E-state index contributed by atoms with van der Waals surface area (Å²) < 4.78 is 10.7. The summed E-state index contributed by atoms with van der Waals surface area (Å²) in [6.07, 6.45) is 0. The summed E-state index contributed by atoms with van der Waals surface area (Å²) in [5.41, 5.74) is 1.11. The molecule has 0 aromatic heterocycles. The standard InChI is InChI=1S/C9H9O2/c1-2-4-9-8(3-1)7-10-5-6-11-9/h1,3-4H,5-7H2. The van der Waals surface area contributed by atoms with Crippen LogP contribution in [0.3, 0.4) is 0 Å². The van der Waals surface area contributed by atoms with E-state index in [4.69, 9.17) is 9.47 Å². The molecule has 0 amide bonds. The minimum atomic E-state index is 0.644. The molecule has 0 spiro atoms.